The SMILES string of the molecule is CCCC(=O)N1CCC(N2CCO[C@@H](CO)C2)CC1. The molecule has 2 saturated heterocycles. The van der Waals surface area contributed by atoms with Gasteiger partial charge in [-0.1, -0.05) is 6.92 Å². The van der Waals surface area contributed by atoms with E-state index in [1.165, 1.54) is 0 Å². The molecule has 2 aliphatic heterocycles. The molecule has 5 nitrogen and oxygen atoms in total. The van der Waals surface area contributed by atoms with Crippen LogP contribution in [0.15, 0.2) is 0 Å². The lowest BCUT2D eigenvalue weighted by atomic mass is 10.0. The molecule has 0 bridgehead atoms. The number of morpholine rings is 1. The van der Waals surface area contributed by atoms with Crippen LogP contribution in [0.5, 0.6) is 0 Å². The molecular weight excluding hydrogens is 244 g/mol. The smallest absolute Gasteiger partial charge is 0.222 e. The Morgan fingerprint density at radius 3 is 2.68 bits per heavy atom. The van der Waals surface area contributed by atoms with Crippen LogP contribution in [0.3, 0.4) is 0 Å². The molecule has 1 N–H and O–H groups in total. The minimum atomic E-state index is -0.0338. The van der Waals surface area contributed by atoms with Crippen LogP contribution in [0.2, 0.25) is 0 Å². The number of amides is 1. The van der Waals surface area contributed by atoms with Crippen LogP contribution in [0.25, 0.3) is 0 Å². The Hall–Kier alpha value is -0.650. The molecule has 1 amide bonds. The zero-order valence-electron chi connectivity index (χ0n) is 11.9. The molecule has 1 atom stereocenters. The van der Waals surface area contributed by atoms with Crippen molar-refractivity contribution in [1.29, 1.82) is 0 Å². The van der Waals surface area contributed by atoms with Crippen LogP contribution in [0.1, 0.15) is 32.6 Å². The molecule has 0 aliphatic carbocycles. The van der Waals surface area contributed by atoms with E-state index in [9.17, 15) is 9.90 Å². The predicted octanol–water partition coefficient (Wildman–Crippen LogP) is 0.471. The number of carbonyl (C=O) groups excluding carboxylic acids is 1. The van der Waals surface area contributed by atoms with Crippen LogP contribution in [0.4, 0.5) is 0 Å². The molecule has 0 aromatic carbocycles. The Balaban J connectivity index is 1.78. The molecular formula is C14H26N2O3. The maximum Gasteiger partial charge on any atom is 0.222 e. The standard InChI is InChI=1S/C14H26N2O3/c1-2-3-14(18)15-6-4-12(5-7-15)16-8-9-19-13(10-16)11-17/h12-13,17H,2-11H2,1H3/t13-/m1/s1. The van der Waals surface area contributed by atoms with Gasteiger partial charge in [0.2, 0.25) is 5.91 Å². The highest BCUT2D eigenvalue weighted by Crippen LogP contribution is 2.20. The molecule has 0 spiro atoms. The number of likely N-dealkylation sites (tertiary alicyclic amines) is 1. The summed E-state index contributed by atoms with van der Waals surface area (Å²) in [6.07, 6.45) is 3.67. The van der Waals surface area contributed by atoms with Gasteiger partial charge in [-0.2, -0.15) is 0 Å². The van der Waals surface area contributed by atoms with E-state index in [1.807, 2.05) is 11.8 Å². The fourth-order valence-corrected chi connectivity index (χ4v) is 3.04. The summed E-state index contributed by atoms with van der Waals surface area (Å²) in [4.78, 5) is 16.3. The van der Waals surface area contributed by atoms with Crippen molar-refractivity contribution in [2.45, 2.75) is 44.8 Å². The van der Waals surface area contributed by atoms with E-state index in [0.29, 0.717) is 25.0 Å². The first kappa shape index (κ1) is 14.8. The molecule has 2 fully saturated rings. The molecule has 0 aromatic rings. The lowest BCUT2D eigenvalue weighted by Gasteiger charge is -2.42. The highest BCUT2D eigenvalue weighted by atomic mass is 16.5. The molecule has 0 aromatic heterocycles. The van der Waals surface area contributed by atoms with Crippen LogP contribution in [-0.2, 0) is 9.53 Å². The number of piperidine rings is 1. The summed E-state index contributed by atoms with van der Waals surface area (Å²) in [6, 6.07) is 0.545. The molecule has 0 radical (unpaired) electrons. The third kappa shape index (κ3) is 3.91. The summed E-state index contributed by atoms with van der Waals surface area (Å²) in [5.74, 6) is 0.302. The van der Waals surface area contributed by atoms with Crippen LogP contribution < -0.4 is 0 Å². The van der Waals surface area contributed by atoms with E-state index in [1.54, 1.807) is 0 Å². The third-order valence-electron chi connectivity index (χ3n) is 4.17. The number of hydrogen-bond donors (Lipinski definition) is 1. The lowest BCUT2D eigenvalue weighted by Crippen LogP contribution is -2.52. The summed E-state index contributed by atoms with van der Waals surface area (Å²) in [5.41, 5.74) is 0. The number of rotatable bonds is 4. The minimum absolute atomic E-state index is 0.0338. The van der Waals surface area contributed by atoms with Gasteiger partial charge in [0.15, 0.2) is 0 Å². The second-order valence-corrected chi connectivity index (χ2v) is 5.53. The Kier molecular flexibility index (Phi) is 5.60. The molecule has 2 aliphatic rings. The van der Waals surface area contributed by atoms with E-state index in [4.69, 9.17) is 4.74 Å². The quantitative estimate of drug-likeness (QED) is 0.807. The number of hydrogen-bond acceptors (Lipinski definition) is 4. The van der Waals surface area contributed by atoms with E-state index >= 15 is 0 Å². The van der Waals surface area contributed by atoms with Crippen LogP contribution in [-0.4, -0.2) is 72.4 Å². The summed E-state index contributed by atoms with van der Waals surface area (Å²) >= 11 is 0. The van der Waals surface area contributed by atoms with Gasteiger partial charge in [-0.25, -0.2) is 0 Å². The molecule has 19 heavy (non-hydrogen) atoms. The molecule has 5 heteroatoms. The summed E-state index contributed by atoms with van der Waals surface area (Å²) in [7, 11) is 0. The van der Waals surface area contributed by atoms with Gasteiger partial charge in [0, 0.05) is 38.6 Å². The first-order chi connectivity index (χ1) is 9.24. The van der Waals surface area contributed by atoms with Crippen molar-refractivity contribution in [1.82, 2.24) is 9.80 Å². The molecule has 110 valence electrons. The average molecular weight is 270 g/mol. The van der Waals surface area contributed by atoms with Gasteiger partial charge < -0.3 is 14.7 Å². The van der Waals surface area contributed by atoms with Crippen molar-refractivity contribution in [2.24, 2.45) is 0 Å². The van der Waals surface area contributed by atoms with Gasteiger partial charge in [0.1, 0.15) is 0 Å². The zero-order chi connectivity index (χ0) is 13.7. The Morgan fingerprint density at radius 1 is 1.32 bits per heavy atom. The van der Waals surface area contributed by atoms with Gasteiger partial charge >= 0.3 is 0 Å². The van der Waals surface area contributed by atoms with Crippen molar-refractivity contribution in [3.8, 4) is 0 Å². The second-order valence-electron chi connectivity index (χ2n) is 5.53. The number of aliphatic hydroxyl groups excluding tert-OH is 1. The fraction of sp³-hybridized carbons (Fsp3) is 0.929. The second kappa shape index (κ2) is 7.22. The first-order valence-corrected chi connectivity index (χ1v) is 7.49. The topological polar surface area (TPSA) is 53.0 Å². The molecule has 2 heterocycles. The number of nitrogens with zero attached hydrogens (tertiary/aromatic N) is 2. The van der Waals surface area contributed by atoms with Gasteiger partial charge in [-0.3, -0.25) is 9.69 Å². The van der Waals surface area contributed by atoms with Gasteiger partial charge in [-0.05, 0) is 19.3 Å². The maximum absolute atomic E-state index is 11.8. The van der Waals surface area contributed by atoms with E-state index in [-0.39, 0.29) is 12.7 Å². The first-order valence-electron chi connectivity index (χ1n) is 7.49. The van der Waals surface area contributed by atoms with Crippen molar-refractivity contribution in [2.75, 3.05) is 39.4 Å². The minimum Gasteiger partial charge on any atom is -0.394 e. The number of aliphatic hydroxyl groups is 1. The predicted molar refractivity (Wildman–Crippen MR) is 72.9 cm³/mol. The molecule has 0 unspecified atom stereocenters. The van der Waals surface area contributed by atoms with Crippen molar-refractivity contribution < 1.29 is 14.6 Å². The molecule has 0 saturated carbocycles. The van der Waals surface area contributed by atoms with Gasteiger partial charge in [0.25, 0.3) is 0 Å². The Bertz CT molecular complexity index is 290. The molecule has 2 rings (SSSR count). The Labute approximate surface area is 115 Å². The number of carbonyl (C=O) groups is 1. The van der Waals surface area contributed by atoms with Crippen LogP contribution in [0, 0.1) is 0 Å². The summed E-state index contributed by atoms with van der Waals surface area (Å²) in [5, 5.41) is 9.18. The fourth-order valence-electron chi connectivity index (χ4n) is 3.04. The lowest BCUT2D eigenvalue weighted by molar-refractivity contribution is -0.133. The highest BCUT2D eigenvalue weighted by Gasteiger charge is 2.29. The van der Waals surface area contributed by atoms with E-state index in [0.717, 1.165) is 45.4 Å². The average Bonchev–Trinajstić information content (AvgIpc) is 2.48. The number of ether oxygens (including phenoxy) is 1. The summed E-state index contributed by atoms with van der Waals surface area (Å²) in [6.45, 7) is 6.39. The summed E-state index contributed by atoms with van der Waals surface area (Å²) < 4.78 is 5.48. The Morgan fingerprint density at radius 2 is 2.05 bits per heavy atom. The third-order valence-corrected chi connectivity index (χ3v) is 4.17. The van der Waals surface area contributed by atoms with Crippen LogP contribution >= 0.6 is 0 Å². The monoisotopic (exact) mass is 270 g/mol. The van der Waals surface area contributed by atoms with Crippen molar-refractivity contribution >= 4 is 5.91 Å². The maximum atomic E-state index is 11.8. The largest absolute Gasteiger partial charge is 0.394 e. The van der Waals surface area contributed by atoms with Crippen molar-refractivity contribution in [3.05, 3.63) is 0 Å². The van der Waals surface area contributed by atoms with E-state index < -0.39 is 0 Å². The van der Waals surface area contributed by atoms with Crippen molar-refractivity contribution in [3.63, 3.8) is 0 Å². The highest BCUT2D eigenvalue weighted by molar-refractivity contribution is 5.76. The van der Waals surface area contributed by atoms with Gasteiger partial charge in [-0.15, -0.1) is 0 Å². The zero-order valence-corrected chi connectivity index (χ0v) is 11.9. The van der Waals surface area contributed by atoms with E-state index in [2.05, 4.69) is 4.90 Å². The van der Waals surface area contributed by atoms with Gasteiger partial charge in [0.05, 0.1) is 19.3 Å². The normalized spacial score (nSPS) is 26.6.